The largest absolute Gasteiger partial charge is 0.538 e. The van der Waals surface area contributed by atoms with Gasteiger partial charge < -0.3 is 13.8 Å². The van der Waals surface area contributed by atoms with Crippen LogP contribution in [-0.4, -0.2) is 25.9 Å². The lowest BCUT2D eigenvalue weighted by molar-refractivity contribution is 0.340. The van der Waals surface area contributed by atoms with Crippen LogP contribution < -0.4 is 8.43 Å². The van der Waals surface area contributed by atoms with Gasteiger partial charge in [-0.15, -0.1) is 3.69 Å². The molecule has 0 saturated heterocycles. The third-order valence-corrected chi connectivity index (χ3v) is 4.94. The zero-order valence-corrected chi connectivity index (χ0v) is 13.8. The van der Waals surface area contributed by atoms with E-state index in [0.717, 1.165) is 22.8 Å². The van der Waals surface area contributed by atoms with Gasteiger partial charge in [0, 0.05) is 5.02 Å². The Labute approximate surface area is 132 Å². The van der Waals surface area contributed by atoms with Crippen molar-refractivity contribution < 1.29 is 4.74 Å². The summed E-state index contributed by atoms with van der Waals surface area (Å²) in [4.78, 5) is 0. The van der Waals surface area contributed by atoms with Crippen LogP contribution in [0.15, 0.2) is 42.5 Å². The Bertz CT molecular complexity index is 540. The van der Waals surface area contributed by atoms with Crippen molar-refractivity contribution in [3.63, 3.8) is 0 Å². The van der Waals surface area contributed by atoms with Crippen molar-refractivity contribution in [2.45, 2.75) is 13.3 Å². The minimum Gasteiger partial charge on any atom is -0.494 e. The molecule has 2 aromatic carbocycles. The second-order valence-electron chi connectivity index (χ2n) is 4.31. The van der Waals surface area contributed by atoms with E-state index in [1.807, 2.05) is 31.2 Å². The molecular formula is C15H14Cl2MgO. The van der Waals surface area contributed by atoms with Gasteiger partial charge >= 0.3 is 19.3 Å². The van der Waals surface area contributed by atoms with Crippen LogP contribution in [0.4, 0.5) is 0 Å². The zero-order chi connectivity index (χ0) is 13.7. The first-order chi connectivity index (χ1) is 9.22. The Morgan fingerprint density at radius 2 is 1.84 bits per heavy atom. The van der Waals surface area contributed by atoms with E-state index in [1.54, 1.807) is 0 Å². The average Bonchev–Trinajstić information content (AvgIpc) is 2.44. The summed E-state index contributed by atoms with van der Waals surface area (Å²) in [6.07, 6.45) is 0.824. The molecule has 0 aliphatic carbocycles. The number of hydrogen-bond donors (Lipinski definition) is 0. The van der Waals surface area contributed by atoms with E-state index in [0.29, 0.717) is 6.61 Å². The van der Waals surface area contributed by atoms with Gasteiger partial charge in [-0.1, -0.05) is 35.9 Å². The molecule has 2 rings (SSSR count). The van der Waals surface area contributed by atoms with E-state index >= 15 is 0 Å². The average molecular weight is 305 g/mol. The van der Waals surface area contributed by atoms with Crippen molar-refractivity contribution in [3.05, 3.63) is 58.6 Å². The monoisotopic (exact) mass is 304 g/mol. The fourth-order valence-corrected chi connectivity index (χ4v) is 3.15. The van der Waals surface area contributed by atoms with Crippen LogP contribution in [0, 0.1) is 0 Å². The maximum atomic E-state index is 6.23. The predicted molar refractivity (Wildman–Crippen MR) is 83.1 cm³/mol. The molecule has 0 aromatic heterocycles. The lowest BCUT2D eigenvalue weighted by Gasteiger charge is -2.08. The van der Waals surface area contributed by atoms with Crippen LogP contribution in [0.3, 0.4) is 0 Å². The second kappa shape index (κ2) is 7.39. The molecule has 0 saturated carbocycles. The Morgan fingerprint density at radius 1 is 1.11 bits per heavy atom. The Kier molecular flexibility index (Phi) is 5.83. The lowest BCUT2D eigenvalue weighted by Crippen LogP contribution is -2.09. The van der Waals surface area contributed by atoms with E-state index in [1.165, 1.54) is 9.26 Å². The van der Waals surface area contributed by atoms with E-state index in [2.05, 4.69) is 18.2 Å². The van der Waals surface area contributed by atoms with Gasteiger partial charge in [-0.2, -0.15) is 0 Å². The smallest absolute Gasteiger partial charge is 0.494 e. The number of benzene rings is 2. The molecule has 19 heavy (non-hydrogen) atoms. The SMILES string of the molecule is CCOc1ccc(Cc2c[c]([Mg][Cl])ccc2Cl)cc1. The second-order valence-corrected chi connectivity index (χ2v) is 6.61. The van der Waals surface area contributed by atoms with Gasteiger partial charge in [-0.25, -0.2) is 0 Å². The molecule has 2 aromatic rings. The highest BCUT2D eigenvalue weighted by Crippen LogP contribution is 2.20. The number of ether oxygens (including phenoxy) is 1. The van der Waals surface area contributed by atoms with Gasteiger partial charge in [0.2, 0.25) is 0 Å². The summed E-state index contributed by atoms with van der Waals surface area (Å²) >= 11 is 5.58. The zero-order valence-electron chi connectivity index (χ0n) is 10.8. The van der Waals surface area contributed by atoms with Crippen LogP contribution in [-0.2, 0) is 6.42 Å². The number of rotatable bonds is 5. The van der Waals surface area contributed by atoms with Crippen LogP contribution in [0.25, 0.3) is 0 Å². The molecule has 0 amide bonds. The van der Waals surface area contributed by atoms with Crippen molar-refractivity contribution in [1.29, 1.82) is 0 Å². The van der Waals surface area contributed by atoms with Crippen molar-refractivity contribution in [3.8, 4) is 5.75 Å². The standard InChI is InChI=1S/C15H14ClO.ClH.Mg/c1-2-17-14-9-7-12(8-10-14)11-13-5-3-4-6-15(13)16;;/h4-10H,2,11H2,1H3;1H;/q;;+1/p-1. The van der Waals surface area contributed by atoms with Gasteiger partial charge in [0.25, 0.3) is 0 Å². The van der Waals surface area contributed by atoms with E-state index in [4.69, 9.17) is 25.4 Å². The Hall–Kier alpha value is -0.414. The molecule has 1 nitrogen and oxygen atoms in total. The maximum absolute atomic E-state index is 6.23. The van der Waals surface area contributed by atoms with Gasteiger partial charge in [-0.05, 0) is 42.7 Å². The quantitative estimate of drug-likeness (QED) is 0.763. The minimum absolute atomic E-state index is 0.655. The highest BCUT2D eigenvalue weighted by molar-refractivity contribution is 7.01. The summed E-state index contributed by atoms with van der Waals surface area (Å²) in [5, 5.41) is 0.803. The molecule has 0 aliphatic rings. The van der Waals surface area contributed by atoms with Crippen molar-refractivity contribution in [1.82, 2.24) is 0 Å². The molecule has 0 fully saturated rings. The fourth-order valence-electron chi connectivity index (χ4n) is 1.94. The van der Waals surface area contributed by atoms with Gasteiger partial charge in [0.05, 0.1) is 6.61 Å². The molecule has 4 heteroatoms. The summed E-state index contributed by atoms with van der Waals surface area (Å²) in [6, 6.07) is 14.2. The highest BCUT2D eigenvalue weighted by atomic mass is 35.5. The Morgan fingerprint density at radius 3 is 2.47 bits per heavy atom. The maximum Gasteiger partial charge on any atom is 0.538 e. The van der Waals surface area contributed by atoms with Crippen LogP contribution in [0.2, 0.25) is 5.02 Å². The Balaban J connectivity index is 2.16. The van der Waals surface area contributed by atoms with E-state index < -0.39 is 19.3 Å². The van der Waals surface area contributed by atoms with Crippen LogP contribution in [0.5, 0.6) is 5.75 Å². The molecule has 0 heterocycles. The fraction of sp³-hybridized carbons (Fsp3) is 0.200. The molecule has 0 N–H and O–H groups in total. The summed E-state index contributed by atoms with van der Waals surface area (Å²) in [7, 11) is 5.99. The first-order valence-corrected chi connectivity index (χ1v) is 9.50. The van der Waals surface area contributed by atoms with Crippen LogP contribution in [0.1, 0.15) is 18.1 Å². The normalized spacial score (nSPS) is 10.1. The minimum atomic E-state index is -0.655. The molecule has 0 atom stereocenters. The summed E-state index contributed by atoms with van der Waals surface area (Å²) in [5.41, 5.74) is 2.36. The van der Waals surface area contributed by atoms with E-state index in [9.17, 15) is 0 Å². The molecule has 0 bridgehead atoms. The summed E-state index contributed by atoms with van der Waals surface area (Å²) in [5.74, 6) is 0.902. The molecule has 0 spiro atoms. The summed E-state index contributed by atoms with van der Waals surface area (Å²) < 4.78 is 6.66. The molecule has 0 radical (unpaired) electrons. The van der Waals surface area contributed by atoms with E-state index in [-0.39, 0.29) is 0 Å². The van der Waals surface area contributed by atoms with Gasteiger partial charge in [-0.3, -0.25) is 0 Å². The molecule has 0 unspecified atom stereocenters. The molecule has 0 aliphatic heterocycles. The van der Waals surface area contributed by atoms with Crippen molar-refractivity contribution in [2.24, 2.45) is 0 Å². The van der Waals surface area contributed by atoms with Crippen molar-refractivity contribution >= 4 is 43.6 Å². The summed E-state index contributed by atoms with van der Waals surface area (Å²) in [6.45, 7) is 2.67. The third-order valence-electron chi connectivity index (χ3n) is 2.89. The number of hydrogen-bond acceptors (Lipinski definition) is 1. The van der Waals surface area contributed by atoms with Gasteiger partial charge in [0.1, 0.15) is 5.75 Å². The topological polar surface area (TPSA) is 9.23 Å². The lowest BCUT2D eigenvalue weighted by atomic mass is 10.0. The first-order valence-electron chi connectivity index (χ1n) is 6.28. The predicted octanol–water partition coefficient (Wildman–Crippen LogP) is 3.81. The van der Waals surface area contributed by atoms with Crippen molar-refractivity contribution in [2.75, 3.05) is 6.61 Å². The van der Waals surface area contributed by atoms with Gasteiger partial charge in [0.15, 0.2) is 0 Å². The first kappa shape index (κ1) is 15.0. The van der Waals surface area contributed by atoms with Crippen LogP contribution >= 0.6 is 20.7 Å². The third kappa shape index (κ3) is 4.28. The highest BCUT2D eigenvalue weighted by Gasteiger charge is 2.05. The molecule has 96 valence electrons. The molecular weight excluding hydrogens is 291 g/mol. The number of halogens is 2.